The Morgan fingerprint density at radius 2 is 1.62 bits per heavy atom. The molecule has 2 amide bonds. The van der Waals surface area contributed by atoms with E-state index in [9.17, 15) is 14.7 Å². The lowest BCUT2D eigenvalue weighted by atomic mass is 9.90. The Balaban J connectivity index is 2.86. The van der Waals surface area contributed by atoms with E-state index in [-0.39, 0.29) is 12.1 Å². The fraction of sp³-hybridized carbons (Fsp3) is 0.875. The lowest BCUT2D eigenvalue weighted by Gasteiger charge is -2.35. The molecule has 0 aromatic carbocycles. The van der Waals surface area contributed by atoms with Gasteiger partial charge in [-0.2, -0.15) is 0 Å². The number of carboxylic acid groups (broad SMARTS) is 1. The van der Waals surface area contributed by atoms with E-state index in [1.807, 2.05) is 13.8 Å². The molecule has 0 aliphatic heterocycles. The molecule has 0 spiro atoms. The van der Waals surface area contributed by atoms with Crippen molar-refractivity contribution >= 4 is 12.0 Å². The van der Waals surface area contributed by atoms with Gasteiger partial charge >= 0.3 is 12.0 Å². The monoisotopic (exact) mass is 298 g/mol. The highest BCUT2D eigenvalue weighted by Gasteiger charge is 2.41. The van der Waals surface area contributed by atoms with Crippen molar-refractivity contribution in [2.75, 3.05) is 6.54 Å². The first-order valence-corrected chi connectivity index (χ1v) is 8.10. The molecule has 1 aliphatic rings. The Kier molecular flexibility index (Phi) is 6.49. The van der Waals surface area contributed by atoms with Gasteiger partial charge in [0.25, 0.3) is 0 Å². The molecule has 0 aromatic heterocycles. The van der Waals surface area contributed by atoms with Crippen molar-refractivity contribution in [2.45, 2.75) is 77.8 Å². The van der Waals surface area contributed by atoms with Gasteiger partial charge in [0.1, 0.15) is 5.54 Å². The Bertz CT molecular complexity index is 359. The zero-order valence-corrected chi connectivity index (χ0v) is 13.8. The number of amides is 2. The van der Waals surface area contributed by atoms with E-state index in [1.54, 1.807) is 4.90 Å². The number of hydrogen-bond donors (Lipinski definition) is 2. The molecule has 0 bridgehead atoms. The lowest BCUT2D eigenvalue weighted by Crippen LogP contribution is -2.59. The highest BCUT2D eigenvalue weighted by Crippen LogP contribution is 2.28. The van der Waals surface area contributed by atoms with Crippen molar-refractivity contribution in [3.05, 3.63) is 0 Å². The van der Waals surface area contributed by atoms with Gasteiger partial charge in [-0.3, -0.25) is 0 Å². The summed E-state index contributed by atoms with van der Waals surface area (Å²) in [5, 5.41) is 12.5. The molecule has 122 valence electrons. The number of nitrogens with zero attached hydrogens (tertiary/aromatic N) is 1. The minimum absolute atomic E-state index is 0.0593. The van der Waals surface area contributed by atoms with Crippen LogP contribution in [0.15, 0.2) is 0 Å². The molecule has 0 aromatic rings. The van der Waals surface area contributed by atoms with Gasteiger partial charge < -0.3 is 15.3 Å². The largest absolute Gasteiger partial charge is 0.480 e. The summed E-state index contributed by atoms with van der Waals surface area (Å²) in [4.78, 5) is 26.0. The van der Waals surface area contributed by atoms with E-state index in [4.69, 9.17) is 0 Å². The van der Waals surface area contributed by atoms with E-state index in [1.165, 1.54) is 0 Å². The maximum Gasteiger partial charge on any atom is 0.329 e. The highest BCUT2D eigenvalue weighted by atomic mass is 16.4. The van der Waals surface area contributed by atoms with E-state index in [2.05, 4.69) is 19.2 Å². The van der Waals surface area contributed by atoms with Crippen LogP contribution in [0.1, 0.15) is 66.2 Å². The smallest absolute Gasteiger partial charge is 0.329 e. The van der Waals surface area contributed by atoms with Crippen LogP contribution in [0.2, 0.25) is 0 Å². The molecule has 0 saturated heterocycles. The summed E-state index contributed by atoms with van der Waals surface area (Å²) in [5.41, 5.74) is -1.09. The molecule has 2 N–H and O–H groups in total. The molecule has 0 atom stereocenters. The fourth-order valence-electron chi connectivity index (χ4n) is 2.92. The molecule has 5 heteroatoms. The molecule has 1 rings (SSSR count). The van der Waals surface area contributed by atoms with Crippen molar-refractivity contribution < 1.29 is 14.7 Å². The molecule has 0 unspecified atom stereocenters. The van der Waals surface area contributed by atoms with Crippen molar-refractivity contribution in [1.82, 2.24) is 10.2 Å². The second-order valence-electron chi connectivity index (χ2n) is 6.87. The van der Waals surface area contributed by atoms with E-state index in [0.29, 0.717) is 25.3 Å². The molecule has 0 radical (unpaired) electrons. The first-order valence-electron chi connectivity index (χ1n) is 8.10. The van der Waals surface area contributed by atoms with Gasteiger partial charge in [-0.05, 0) is 32.6 Å². The number of aliphatic carboxylic acids is 1. The summed E-state index contributed by atoms with van der Waals surface area (Å²) in [6.07, 6.45) is 4.87. The zero-order chi connectivity index (χ0) is 16.0. The van der Waals surface area contributed by atoms with Crippen LogP contribution in [0.5, 0.6) is 0 Å². The Hall–Kier alpha value is -1.26. The van der Waals surface area contributed by atoms with Crippen LogP contribution in [0.3, 0.4) is 0 Å². The molecule has 21 heavy (non-hydrogen) atoms. The summed E-state index contributed by atoms with van der Waals surface area (Å²) in [5.74, 6) is -0.543. The third kappa shape index (κ3) is 4.90. The van der Waals surface area contributed by atoms with Gasteiger partial charge in [0, 0.05) is 12.6 Å². The second-order valence-corrected chi connectivity index (χ2v) is 6.87. The van der Waals surface area contributed by atoms with Crippen molar-refractivity contribution in [2.24, 2.45) is 5.92 Å². The van der Waals surface area contributed by atoms with Crippen LogP contribution in [-0.2, 0) is 4.79 Å². The van der Waals surface area contributed by atoms with Gasteiger partial charge in [0.05, 0.1) is 0 Å². The third-order valence-electron chi connectivity index (χ3n) is 4.16. The van der Waals surface area contributed by atoms with Crippen LogP contribution in [0, 0.1) is 5.92 Å². The number of rotatable bonds is 5. The van der Waals surface area contributed by atoms with Crippen LogP contribution in [0.4, 0.5) is 4.79 Å². The Morgan fingerprint density at radius 3 is 2.00 bits per heavy atom. The van der Waals surface area contributed by atoms with Gasteiger partial charge in [-0.25, -0.2) is 9.59 Å². The minimum Gasteiger partial charge on any atom is -0.480 e. The van der Waals surface area contributed by atoms with Gasteiger partial charge in [0.2, 0.25) is 0 Å². The summed E-state index contributed by atoms with van der Waals surface area (Å²) in [6, 6.07) is -0.188. The average Bonchev–Trinajstić information content (AvgIpc) is 2.61. The van der Waals surface area contributed by atoms with Gasteiger partial charge in [-0.15, -0.1) is 0 Å². The quantitative estimate of drug-likeness (QED) is 0.766. The minimum atomic E-state index is -1.09. The van der Waals surface area contributed by atoms with Crippen LogP contribution >= 0.6 is 0 Å². The van der Waals surface area contributed by atoms with E-state index < -0.39 is 11.5 Å². The van der Waals surface area contributed by atoms with Gasteiger partial charge in [0.15, 0.2) is 0 Å². The van der Waals surface area contributed by atoms with Gasteiger partial charge in [-0.1, -0.05) is 39.5 Å². The number of nitrogens with one attached hydrogen (secondary N) is 1. The first kappa shape index (κ1) is 17.8. The Labute approximate surface area is 128 Å². The maximum absolute atomic E-state index is 12.6. The fourth-order valence-corrected chi connectivity index (χ4v) is 2.92. The predicted molar refractivity (Wildman–Crippen MR) is 83.3 cm³/mol. The number of hydrogen-bond acceptors (Lipinski definition) is 2. The molecular weight excluding hydrogens is 268 g/mol. The van der Waals surface area contributed by atoms with Crippen molar-refractivity contribution in [3.63, 3.8) is 0 Å². The zero-order valence-electron chi connectivity index (χ0n) is 13.8. The van der Waals surface area contributed by atoms with Crippen LogP contribution in [0.25, 0.3) is 0 Å². The predicted octanol–water partition coefficient (Wildman–Crippen LogP) is 3.24. The molecule has 1 aliphatic carbocycles. The Morgan fingerprint density at radius 1 is 1.10 bits per heavy atom. The molecular formula is C16H30N2O3. The maximum atomic E-state index is 12.6. The normalized spacial score (nSPS) is 18.4. The number of urea groups is 1. The molecule has 0 heterocycles. The molecule has 5 nitrogen and oxygen atoms in total. The number of carbonyl (C=O) groups is 2. The molecule has 1 fully saturated rings. The van der Waals surface area contributed by atoms with Crippen molar-refractivity contribution in [3.8, 4) is 0 Å². The SMILES string of the molecule is CC(C)CN(C(=O)NC1(C(=O)O)CCCCCC1)C(C)C. The number of carboxylic acids is 1. The first-order chi connectivity index (χ1) is 9.78. The lowest BCUT2D eigenvalue weighted by molar-refractivity contribution is -0.145. The van der Waals surface area contributed by atoms with E-state index >= 15 is 0 Å². The summed E-state index contributed by atoms with van der Waals surface area (Å²) in [7, 11) is 0. The highest BCUT2D eigenvalue weighted by molar-refractivity contribution is 5.86. The summed E-state index contributed by atoms with van der Waals surface area (Å²) >= 11 is 0. The standard InChI is InChI=1S/C16H30N2O3/c1-12(2)11-18(13(3)4)15(21)17-16(14(19)20)9-7-5-6-8-10-16/h12-13H,5-11H2,1-4H3,(H,17,21)(H,19,20). The van der Waals surface area contributed by atoms with Crippen LogP contribution < -0.4 is 5.32 Å². The summed E-state index contributed by atoms with van der Waals surface area (Å²) < 4.78 is 0. The van der Waals surface area contributed by atoms with Crippen molar-refractivity contribution in [1.29, 1.82) is 0 Å². The summed E-state index contributed by atoms with van der Waals surface area (Å²) in [6.45, 7) is 8.67. The van der Waals surface area contributed by atoms with Crippen LogP contribution in [-0.4, -0.2) is 40.1 Å². The topological polar surface area (TPSA) is 69.6 Å². The van der Waals surface area contributed by atoms with E-state index in [0.717, 1.165) is 25.7 Å². The third-order valence-corrected chi connectivity index (χ3v) is 4.16. The number of carbonyl (C=O) groups excluding carboxylic acids is 1. The molecule has 1 saturated carbocycles. The second kappa shape index (κ2) is 7.66. The average molecular weight is 298 g/mol.